The molecule has 0 bridgehead atoms. The highest BCUT2D eigenvalue weighted by atomic mass is 16.5. The molecule has 0 aliphatic carbocycles. The average molecular weight is 235 g/mol. The van der Waals surface area contributed by atoms with Crippen molar-refractivity contribution in [2.75, 3.05) is 6.54 Å². The molecule has 0 aliphatic heterocycles. The van der Waals surface area contributed by atoms with Gasteiger partial charge in [-0.25, -0.2) is 0 Å². The minimum Gasteiger partial charge on any atom is -0.488 e. The van der Waals surface area contributed by atoms with E-state index in [1.165, 1.54) is 5.56 Å². The van der Waals surface area contributed by atoms with Gasteiger partial charge >= 0.3 is 0 Å². The molecule has 96 valence electrons. The number of nitrogens with one attached hydrogen (secondary N) is 1. The van der Waals surface area contributed by atoms with Crippen molar-refractivity contribution in [2.24, 2.45) is 0 Å². The lowest BCUT2D eigenvalue weighted by molar-refractivity contribution is 0.105. The second-order valence-corrected chi connectivity index (χ2v) is 5.06. The number of hydrogen-bond acceptors (Lipinski definition) is 2. The Morgan fingerprint density at radius 2 is 1.76 bits per heavy atom. The van der Waals surface area contributed by atoms with E-state index >= 15 is 0 Å². The van der Waals surface area contributed by atoms with E-state index in [4.69, 9.17) is 4.74 Å². The fourth-order valence-electron chi connectivity index (χ4n) is 1.64. The van der Waals surface area contributed by atoms with Gasteiger partial charge in [0.25, 0.3) is 0 Å². The minimum absolute atomic E-state index is 0.0885. The molecule has 0 heterocycles. The molecule has 2 nitrogen and oxygen atoms in total. The lowest BCUT2D eigenvalue weighted by atomic mass is 10.1. The Kier molecular flexibility index (Phi) is 5.01. The summed E-state index contributed by atoms with van der Waals surface area (Å²) in [4.78, 5) is 0. The molecule has 1 N–H and O–H groups in total. The van der Waals surface area contributed by atoms with Crippen molar-refractivity contribution in [3.05, 3.63) is 29.8 Å². The van der Waals surface area contributed by atoms with Gasteiger partial charge in [0.2, 0.25) is 0 Å². The quantitative estimate of drug-likeness (QED) is 0.806. The first kappa shape index (κ1) is 14.0. The Bertz CT molecular complexity index is 329. The maximum Gasteiger partial charge on any atom is 0.120 e. The average Bonchev–Trinajstić information content (AvgIpc) is 2.30. The summed E-state index contributed by atoms with van der Waals surface area (Å²) < 4.78 is 5.93. The SMILES string of the molecule is CCNC(C)c1ccc(OC(C)(C)CC)cc1. The first-order valence-electron chi connectivity index (χ1n) is 6.51. The summed E-state index contributed by atoms with van der Waals surface area (Å²) in [6, 6.07) is 8.78. The van der Waals surface area contributed by atoms with Crippen LogP contribution in [-0.2, 0) is 0 Å². The second-order valence-electron chi connectivity index (χ2n) is 5.06. The summed E-state index contributed by atoms with van der Waals surface area (Å²) >= 11 is 0. The zero-order valence-corrected chi connectivity index (χ0v) is 11.7. The summed E-state index contributed by atoms with van der Waals surface area (Å²) in [5.41, 5.74) is 1.21. The van der Waals surface area contributed by atoms with Crippen molar-refractivity contribution in [3.8, 4) is 5.75 Å². The van der Waals surface area contributed by atoms with E-state index in [0.717, 1.165) is 18.7 Å². The summed E-state index contributed by atoms with van der Waals surface area (Å²) in [6.07, 6.45) is 1.00. The first-order valence-corrected chi connectivity index (χ1v) is 6.51. The van der Waals surface area contributed by atoms with Gasteiger partial charge in [0.15, 0.2) is 0 Å². The van der Waals surface area contributed by atoms with Crippen LogP contribution in [0.3, 0.4) is 0 Å². The molecule has 0 amide bonds. The van der Waals surface area contributed by atoms with E-state index in [1.54, 1.807) is 0 Å². The molecule has 0 saturated heterocycles. The number of rotatable bonds is 6. The van der Waals surface area contributed by atoms with Crippen LogP contribution in [0.15, 0.2) is 24.3 Å². The maximum absolute atomic E-state index is 5.93. The highest BCUT2D eigenvalue weighted by molar-refractivity contribution is 5.29. The maximum atomic E-state index is 5.93. The standard InChI is InChI=1S/C15H25NO/c1-6-15(4,5)17-14-10-8-13(9-11-14)12(3)16-7-2/h8-12,16H,6-7H2,1-5H3. The molecule has 0 aliphatic rings. The summed E-state index contributed by atoms with van der Waals surface area (Å²) in [6.45, 7) is 11.7. The molecule has 17 heavy (non-hydrogen) atoms. The van der Waals surface area contributed by atoms with Gasteiger partial charge in [0, 0.05) is 6.04 Å². The van der Waals surface area contributed by atoms with Crippen LogP contribution in [0.2, 0.25) is 0 Å². The molecule has 0 spiro atoms. The second kappa shape index (κ2) is 6.06. The van der Waals surface area contributed by atoms with Gasteiger partial charge in [0.05, 0.1) is 0 Å². The number of ether oxygens (including phenoxy) is 1. The lowest BCUT2D eigenvalue weighted by Gasteiger charge is -2.25. The summed E-state index contributed by atoms with van der Waals surface area (Å²) in [5, 5.41) is 3.40. The fourth-order valence-corrected chi connectivity index (χ4v) is 1.64. The van der Waals surface area contributed by atoms with E-state index in [1.807, 2.05) is 0 Å². The Labute approximate surface area is 105 Å². The monoisotopic (exact) mass is 235 g/mol. The van der Waals surface area contributed by atoms with Crippen LogP contribution < -0.4 is 10.1 Å². The normalized spacial score (nSPS) is 13.5. The smallest absolute Gasteiger partial charge is 0.120 e. The van der Waals surface area contributed by atoms with Crippen LogP contribution in [-0.4, -0.2) is 12.1 Å². The highest BCUT2D eigenvalue weighted by Crippen LogP contribution is 2.22. The van der Waals surface area contributed by atoms with E-state index in [-0.39, 0.29) is 5.60 Å². The van der Waals surface area contributed by atoms with Crippen molar-refractivity contribution in [1.29, 1.82) is 0 Å². The molecular formula is C15H25NO. The van der Waals surface area contributed by atoms with Gasteiger partial charge < -0.3 is 10.1 Å². The fraction of sp³-hybridized carbons (Fsp3) is 0.600. The molecular weight excluding hydrogens is 210 g/mol. The molecule has 0 aromatic heterocycles. The molecule has 0 radical (unpaired) electrons. The van der Waals surface area contributed by atoms with Gasteiger partial charge in [-0.1, -0.05) is 26.0 Å². The van der Waals surface area contributed by atoms with Crippen LogP contribution >= 0.6 is 0 Å². The first-order chi connectivity index (χ1) is 7.98. The highest BCUT2D eigenvalue weighted by Gasteiger charge is 2.16. The molecule has 2 heteroatoms. The van der Waals surface area contributed by atoms with Gasteiger partial charge in [-0.2, -0.15) is 0 Å². The molecule has 1 atom stereocenters. The molecule has 0 fully saturated rings. The zero-order valence-electron chi connectivity index (χ0n) is 11.7. The molecule has 1 aromatic carbocycles. The van der Waals surface area contributed by atoms with Crippen LogP contribution in [0.25, 0.3) is 0 Å². The number of hydrogen-bond donors (Lipinski definition) is 1. The van der Waals surface area contributed by atoms with E-state index < -0.39 is 0 Å². The Hall–Kier alpha value is -1.02. The third-order valence-electron chi connectivity index (χ3n) is 3.14. The van der Waals surface area contributed by atoms with Crippen molar-refractivity contribution < 1.29 is 4.74 Å². The third kappa shape index (κ3) is 4.39. The zero-order chi connectivity index (χ0) is 12.9. The van der Waals surface area contributed by atoms with Gasteiger partial charge in [-0.3, -0.25) is 0 Å². The summed E-state index contributed by atoms with van der Waals surface area (Å²) in [5.74, 6) is 0.948. The summed E-state index contributed by atoms with van der Waals surface area (Å²) in [7, 11) is 0. The van der Waals surface area contributed by atoms with Crippen molar-refractivity contribution in [3.63, 3.8) is 0 Å². The Morgan fingerprint density at radius 1 is 1.18 bits per heavy atom. The predicted molar refractivity (Wildman–Crippen MR) is 73.5 cm³/mol. The lowest BCUT2D eigenvalue weighted by Crippen LogP contribution is -2.26. The van der Waals surface area contributed by atoms with E-state index in [9.17, 15) is 0 Å². The Balaban J connectivity index is 2.68. The van der Waals surface area contributed by atoms with Crippen molar-refractivity contribution in [2.45, 2.75) is 52.7 Å². The third-order valence-corrected chi connectivity index (χ3v) is 3.14. The van der Waals surface area contributed by atoms with Crippen molar-refractivity contribution >= 4 is 0 Å². The van der Waals surface area contributed by atoms with Gasteiger partial charge in [-0.05, 0) is 51.4 Å². The largest absolute Gasteiger partial charge is 0.488 e. The van der Waals surface area contributed by atoms with Crippen LogP contribution in [0.5, 0.6) is 5.75 Å². The number of benzene rings is 1. The topological polar surface area (TPSA) is 21.3 Å². The molecule has 1 aromatic rings. The van der Waals surface area contributed by atoms with Crippen molar-refractivity contribution in [1.82, 2.24) is 5.32 Å². The predicted octanol–water partition coefficient (Wildman–Crippen LogP) is 3.92. The molecule has 0 saturated carbocycles. The van der Waals surface area contributed by atoms with Gasteiger partial charge in [0.1, 0.15) is 11.4 Å². The van der Waals surface area contributed by atoms with E-state index in [2.05, 4.69) is 64.2 Å². The molecule has 1 rings (SSSR count). The van der Waals surface area contributed by atoms with Gasteiger partial charge in [-0.15, -0.1) is 0 Å². The molecule has 1 unspecified atom stereocenters. The van der Waals surface area contributed by atoms with Crippen LogP contribution in [0.4, 0.5) is 0 Å². The van der Waals surface area contributed by atoms with Crippen LogP contribution in [0, 0.1) is 0 Å². The Morgan fingerprint density at radius 3 is 2.24 bits per heavy atom. The van der Waals surface area contributed by atoms with Crippen LogP contribution in [0.1, 0.15) is 52.6 Å². The van der Waals surface area contributed by atoms with E-state index in [0.29, 0.717) is 6.04 Å². The minimum atomic E-state index is -0.0885.